The lowest BCUT2D eigenvalue weighted by molar-refractivity contribution is 0.309. The van der Waals surface area contributed by atoms with Crippen molar-refractivity contribution in [3.05, 3.63) is 12.3 Å². The van der Waals surface area contributed by atoms with E-state index in [-0.39, 0.29) is 5.88 Å². The average molecular weight is 179 g/mol. The highest BCUT2D eigenvalue weighted by Gasteiger charge is 2.06. The van der Waals surface area contributed by atoms with Crippen LogP contribution in [0.1, 0.15) is 0 Å². The lowest BCUT2D eigenvalue weighted by atomic mass is 10.7. The fraction of sp³-hybridized carbons (Fsp3) is 0.250. The highest BCUT2D eigenvalue weighted by molar-refractivity contribution is 7.85. The molecule has 0 unspecified atom stereocenters. The van der Waals surface area contributed by atoms with Crippen LogP contribution in [-0.4, -0.2) is 24.1 Å². The molecule has 0 saturated heterocycles. The Morgan fingerprint density at radius 2 is 2.45 bits per heavy atom. The van der Waals surface area contributed by atoms with E-state index in [1.165, 1.54) is 12.3 Å². The van der Waals surface area contributed by atoms with Crippen molar-refractivity contribution >= 4 is 10.1 Å². The van der Waals surface area contributed by atoms with Gasteiger partial charge in [-0.05, 0) is 5.16 Å². The molecule has 0 saturated carbocycles. The minimum absolute atomic E-state index is 0.0163. The molecule has 0 fully saturated rings. The fourth-order valence-corrected chi connectivity index (χ4v) is 0.680. The molecule has 1 aromatic rings. The highest BCUT2D eigenvalue weighted by atomic mass is 32.2. The Hall–Kier alpha value is -1.08. The average Bonchev–Trinajstić information content (AvgIpc) is 2.32. The third-order valence-electron chi connectivity index (χ3n) is 0.770. The number of hydrogen-bond donors (Lipinski definition) is 1. The summed E-state index contributed by atoms with van der Waals surface area (Å²) in [5.74, 6) is -0.804. The monoisotopic (exact) mass is 179 g/mol. The van der Waals surface area contributed by atoms with Crippen LogP contribution in [0.4, 0.5) is 0 Å². The van der Waals surface area contributed by atoms with E-state index in [1.807, 2.05) is 0 Å². The van der Waals surface area contributed by atoms with E-state index in [2.05, 4.69) is 14.4 Å². The number of hydrogen-bond acceptors (Lipinski definition) is 5. The summed E-state index contributed by atoms with van der Waals surface area (Å²) >= 11 is 0. The Labute approximate surface area is 62.5 Å². The molecule has 0 bridgehead atoms. The van der Waals surface area contributed by atoms with Crippen molar-refractivity contribution in [2.45, 2.75) is 0 Å². The van der Waals surface area contributed by atoms with Gasteiger partial charge in [0.1, 0.15) is 6.26 Å². The zero-order chi connectivity index (χ0) is 8.32. The first-order chi connectivity index (χ1) is 5.08. The van der Waals surface area contributed by atoms with E-state index in [0.29, 0.717) is 0 Å². The maximum absolute atomic E-state index is 10.1. The number of ether oxygens (including phenoxy) is 1. The van der Waals surface area contributed by atoms with Gasteiger partial charge < -0.3 is 9.26 Å². The van der Waals surface area contributed by atoms with Crippen molar-refractivity contribution in [2.75, 3.05) is 5.94 Å². The minimum Gasteiger partial charge on any atom is -0.456 e. The lowest BCUT2D eigenvalue weighted by Crippen LogP contribution is -2.10. The topological polar surface area (TPSA) is 89.6 Å². The Balaban J connectivity index is 2.48. The summed E-state index contributed by atoms with van der Waals surface area (Å²) in [5, 5.41) is 3.25. The van der Waals surface area contributed by atoms with Gasteiger partial charge in [-0.25, -0.2) is 0 Å². The van der Waals surface area contributed by atoms with Crippen LogP contribution in [0, 0.1) is 0 Å². The van der Waals surface area contributed by atoms with Gasteiger partial charge >= 0.3 is 10.1 Å². The van der Waals surface area contributed by atoms with Crippen LogP contribution in [0.15, 0.2) is 16.9 Å². The van der Waals surface area contributed by atoms with Crippen molar-refractivity contribution in [1.82, 2.24) is 5.16 Å². The van der Waals surface area contributed by atoms with Gasteiger partial charge in [0, 0.05) is 6.07 Å². The van der Waals surface area contributed by atoms with E-state index in [1.54, 1.807) is 0 Å². The molecule has 0 aliphatic carbocycles. The summed E-state index contributed by atoms with van der Waals surface area (Å²) in [7, 11) is -4.10. The molecule has 0 amide bonds. The zero-order valence-corrected chi connectivity index (χ0v) is 6.11. The van der Waals surface area contributed by atoms with Gasteiger partial charge in [-0.2, -0.15) is 8.42 Å². The molecule has 1 rings (SSSR count). The van der Waals surface area contributed by atoms with E-state index in [0.717, 1.165) is 0 Å². The lowest BCUT2D eigenvalue weighted by Gasteiger charge is -1.96. The second kappa shape index (κ2) is 2.89. The van der Waals surface area contributed by atoms with Gasteiger partial charge in [-0.15, -0.1) is 0 Å². The zero-order valence-electron chi connectivity index (χ0n) is 5.30. The molecule has 6 nitrogen and oxygen atoms in total. The SMILES string of the molecule is O=S(=O)(O)COc1ccon1. The molecule has 11 heavy (non-hydrogen) atoms. The van der Waals surface area contributed by atoms with Gasteiger partial charge in [-0.1, -0.05) is 0 Å². The molecule has 1 N–H and O–H groups in total. The minimum atomic E-state index is -4.10. The summed E-state index contributed by atoms with van der Waals surface area (Å²) < 4.78 is 37.2. The number of nitrogens with zero attached hydrogens (tertiary/aromatic N) is 1. The Morgan fingerprint density at radius 3 is 2.91 bits per heavy atom. The summed E-state index contributed by atoms with van der Waals surface area (Å²) in [6.07, 6.45) is 1.22. The maximum atomic E-state index is 10.1. The van der Waals surface area contributed by atoms with Gasteiger partial charge in [-0.3, -0.25) is 4.55 Å². The molecule has 0 aliphatic heterocycles. The van der Waals surface area contributed by atoms with E-state index >= 15 is 0 Å². The predicted octanol–water partition coefficient (Wildman–Crippen LogP) is -0.101. The van der Waals surface area contributed by atoms with E-state index in [4.69, 9.17) is 4.55 Å². The summed E-state index contributed by atoms with van der Waals surface area (Å²) in [5.41, 5.74) is 0. The van der Waals surface area contributed by atoms with Gasteiger partial charge in [0.2, 0.25) is 5.94 Å². The molecule has 0 aliphatic rings. The summed E-state index contributed by atoms with van der Waals surface area (Å²) in [6.45, 7) is 0. The van der Waals surface area contributed by atoms with Crippen molar-refractivity contribution in [3.8, 4) is 5.88 Å². The molecular weight excluding hydrogens is 174 g/mol. The molecule has 62 valence electrons. The third-order valence-corrected chi connectivity index (χ3v) is 1.19. The molecule has 0 radical (unpaired) electrons. The van der Waals surface area contributed by atoms with Gasteiger partial charge in [0.15, 0.2) is 0 Å². The summed E-state index contributed by atoms with van der Waals surface area (Å²) in [6, 6.07) is 1.32. The van der Waals surface area contributed by atoms with Crippen molar-refractivity contribution < 1.29 is 22.2 Å². The normalized spacial score (nSPS) is 11.4. The van der Waals surface area contributed by atoms with Crippen LogP contribution >= 0.6 is 0 Å². The predicted molar refractivity (Wildman–Crippen MR) is 33.5 cm³/mol. The van der Waals surface area contributed by atoms with Crippen LogP contribution in [0.2, 0.25) is 0 Å². The Kier molecular flexibility index (Phi) is 2.11. The van der Waals surface area contributed by atoms with Gasteiger partial charge in [0.05, 0.1) is 0 Å². The molecule has 1 aromatic heterocycles. The first-order valence-corrected chi connectivity index (χ1v) is 4.17. The molecule has 0 atom stereocenters. The van der Waals surface area contributed by atoms with Crippen LogP contribution in [0.25, 0.3) is 0 Å². The molecule has 7 heteroatoms. The third kappa shape index (κ3) is 3.01. The van der Waals surface area contributed by atoms with Crippen LogP contribution in [0.5, 0.6) is 5.88 Å². The number of rotatable bonds is 3. The maximum Gasteiger partial charge on any atom is 0.300 e. The quantitative estimate of drug-likeness (QED) is 0.651. The summed E-state index contributed by atoms with van der Waals surface area (Å²) in [4.78, 5) is 0. The molecule has 0 aromatic carbocycles. The first kappa shape index (κ1) is 8.02. The van der Waals surface area contributed by atoms with Crippen molar-refractivity contribution in [1.29, 1.82) is 0 Å². The second-order valence-electron chi connectivity index (χ2n) is 1.68. The molecule has 0 spiro atoms. The highest BCUT2D eigenvalue weighted by Crippen LogP contribution is 2.04. The second-order valence-corrected chi connectivity index (χ2v) is 3.08. The smallest absolute Gasteiger partial charge is 0.300 e. The van der Waals surface area contributed by atoms with Gasteiger partial charge in [0.25, 0.3) is 5.88 Å². The van der Waals surface area contributed by atoms with Crippen molar-refractivity contribution in [2.24, 2.45) is 0 Å². The first-order valence-electron chi connectivity index (χ1n) is 2.56. The van der Waals surface area contributed by atoms with E-state index in [9.17, 15) is 8.42 Å². The molecule has 1 heterocycles. The number of aromatic nitrogens is 1. The van der Waals surface area contributed by atoms with Crippen LogP contribution in [0.3, 0.4) is 0 Å². The van der Waals surface area contributed by atoms with Crippen LogP contribution in [-0.2, 0) is 10.1 Å². The van der Waals surface area contributed by atoms with E-state index < -0.39 is 16.1 Å². The standard InChI is InChI=1S/C4H5NO5S/c6-11(7,8)3-9-4-1-2-10-5-4/h1-2H,3H2,(H,6,7,8). The fourth-order valence-electron chi connectivity index (χ4n) is 0.411. The largest absolute Gasteiger partial charge is 0.456 e. The van der Waals surface area contributed by atoms with Crippen molar-refractivity contribution in [3.63, 3.8) is 0 Å². The Bertz CT molecular complexity index is 301. The molecular formula is C4H5NO5S. The Morgan fingerprint density at radius 1 is 1.73 bits per heavy atom. The van der Waals surface area contributed by atoms with Crippen LogP contribution < -0.4 is 4.74 Å².